The maximum Gasteiger partial charge on any atom is 0.313 e. The Morgan fingerprint density at radius 3 is 2.95 bits per heavy atom. The topological polar surface area (TPSA) is 105 Å². The molecule has 20 heavy (non-hydrogen) atoms. The predicted molar refractivity (Wildman–Crippen MR) is 78.2 cm³/mol. The van der Waals surface area contributed by atoms with Gasteiger partial charge in [-0.3, -0.25) is 14.9 Å². The maximum atomic E-state index is 11.9. The number of nitrogens with zero attached hydrogens (tertiary/aromatic N) is 3. The zero-order chi connectivity index (χ0) is 14.5. The van der Waals surface area contributed by atoms with Crippen LogP contribution in [0.15, 0.2) is 27.3 Å². The number of aromatic nitrogens is 3. The van der Waals surface area contributed by atoms with Crippen LogP contribution in [0.5, 0.6) is 0 Å². The third kappa shape index (κ3) is 4.25. The summed E-state index contributed by atoms with van der Waals surface area (Å²) in [5.74, 6) is -1.36. The first-order valence-corrected chi connectivity index (χ1v) is 7.75. The molecule has 0 fully saturated rings. The van der Waals surface area contributed by atoms with E-state index in [1.165, 1.54) is 6.20 Å². The number of rotatable bonds is 5. The minimum Gasteiger partial charge on any atom is -0.481 e. The van der Waals surface area contributed by atoms with E-state index >= 15 is 0 Å². The highest BCUT2D eigenvalue weighted by Gasteiger charge is 2.11. The number of carboxylic acids is 1. The summed E-state index contributed by atoms with van der Waals surface area (Å²) in [5.41, 5.74) is 0.432. The standard InChI is InChI=1S/C10H7BrN4O3S2/c11-6-3-5(1-2-12-6)8(18)13-9-14-15-10(20-9)19-4-7(16)17/h1-3H,4H2,(H,16,17)(H,13,14,18). The van der Waals surface area contributed by atoms with Crippen molar-refractivity contribution in [2.45, 2.75) is 4.34 Å². The molecular weight excluding hydrogens is 368 g/mol. The average molecular weight is 375 g/mol. The molecule has 10 heteroatoms. The monoisotopic (exact) mass is 374 g/mol. The highest BCUT2D eigenvalue weighted by Crippen LogP contribution is 2.25. The number of pyridine rings is 1. The fraction of sp³-hybridized carbons (Fsp3) is 0.100. The van der Waals surface area contributed by atoms with E-state index in [2.05, 4.69) is 36.4 Å². The van der Waals surface area contributed by atoms with Crippen LogP contribution in [0.4, 0.5) is 5.13 Å². The number of halogens is 1. The molecule has 0 radical (unpaired) electrons. The normalized spacial score (nSPS) is 10.2. The van der Waals surface area contributed by atoms with Crippen LogP contribution in [-0.2, 0) is 4.79 Å². The second kappa shape index (κ2) is 6.77. The number of anilines is 1. The molecular formula is C10H7BrN4O3S2. The molecule has 0 aromatic carbocycles. The van der Waals surface area contributed by atoms with Crippen molar-refractivity contribution in [3.05, 3.63) is 28.5 Å². The molecule has 104 valence electrons. The molecule has 2 rings (SSSR count). The van der Waals surface area contributed by atoms with E-state index in [1.54, 1.807) is 12.1 Å². The van der Waals surface area contributed by atoms with Crippen molar-refractivity contribution in [2.24, 2.45) is 0 Å². The molecule has 7 nitrogen and oxygen atoms in total. The van der Waals surface area contributed by atoms with Crippen LogP contribution in [0.25, 0.3) is 0 Å². The lowest BCUT2D eigenvalue weighted by Crippen LogP contribution is -2.11. The lowest BCUT2D eigenvalue weighted by molar-refractivity contribution is -0.133. The van der Waals surface area contributed by atoms with E-state index < -0.39 is 5.97 Å². The van der Waals surface area contributed by atoms with E-state index in [4.69, 9.17) is 5.11 Å². The molecule has 0 spiro atoms. The number of aliphatic carboxylic acids is 1. The van der Waals surface area contributed by atoms with Gasteiger partial charge in [-0.25, -0.2) is 4.98 Å². The van der Waals surface area contributed by atoms with Crippen LogP contribution in [0.1, 0.15) is 10.4 Å². The molecule has 2 aromatic heterocycles. The van der Waals surface area contributed by atoms with Gasteiger partial charge >= 0.3 is 5.97 Å². The fourth-order valence-electron chi connectivity index (χ4n) is 1.16. The van der Waals surface area contributed by atoms with E-state index in [0.717, 1.165) is 23.1 Å². The van der Waals surface area contributed by atoms with Crippen LogP contribution in [0, 0.1) is 0 Å². The van der Waals surface area contributed by atoms with E-state index in [-0.39, 0.29) is 11.7 Å². The maximum absolute atomic E-state index is 11.9. The van der Waals surface area contributed by atoms with Crippen LogP contribution in [0.2, 0.25) is 0 Å². The Morgan fingerprint density at radius 2 is 2.25 bits per heavy atom. The summed E-state index contributed by atoms with van der Waals surface area (Å²) in [7, 11) is 0. The van der Waals surface area contributed by atoms with Crippen molar-refractivity contribution in [1.29, 1.82) is 0 Å². The average Bonchev–Trinajstić information content (AvgIpc) is 2.84. The first kappa shape index (κ1) is 14.9. The SMILES string of the molecule is O=C(O)CSc1nnc(NC(=O)c2ccnc(Br)c2)s1. The lowest BCUT2D eigenvalue weighted by Gasteiger charge is -2.00. The minimum atomic E-state index is -0.933. The first-order valence-electron chi connectivity index (χ1n) is 5.15. The second-order valence-electron chi connectivity index (χ2n) is 3.38. The Bertz CT molecular complexity index is 649. The van der Waals surface area contributed by atoms with Crippen LogP contribution in [-0.4, -0.2) is 37.9 Å². The van der Waals surface area contributed by atoms with Crippen molar-refractivity contribution in [2.75, 3.05) is 11.1 Å². The number of carbonyl (C=O) groups excluding carboxylic acids is 1. The van der Waals surface area contributed by atoms with E-state index in [0.29, 0.717) is 19.6 Å². The summed E-state index contributed by atoms with van der Waals surface area (Å²) in [4.78, 5) is 26.3. The number of carbonyl (C=O) groups is 2. The molecule has 0 aliphatic rings. The number of carboxylic acid groups (broad SMARTS) is 1. The fourth-order valence-corrected chi connectivity index (χ4v) is 2.99. The molecule has 1 amide bonds. The summed E-state index contributed by atoms with van der Waals surface area (Å²) in [6.45, 7) is 0. The number of amides is 1. The van der Waals surface area contributed by atoms with Gasteiger partial charge in [-0.1, -0.05) is 23.1 Å². The number of nitrogens with one attached hydrogen (secondary N) is 1. The van der Waals surface area contributed by atoms with Crippen molar-refractivity contribution in [3.63, 3.8) is 0 Å². The van der Waals surface area contributed by atoms with Gasteiger partial charge in [0.05, 0.1) is 5.75 Å². The Kier molecular flexibility index (Phi) is 5.04. The van der Waals surface area contributed by atoms with Gasteiger partial charge in [0.1, 0.15) is 4.60 Å². The zero-order valence-corrected chi connectivity index (χ0v) is 13.0. The van der Waals surface area contributed by atoms with Crippen LogP contribution < -0.4 is 5.32 Å². The van der Waals surface area contributed by atoms with Crippen molar-refractivity contribution < 1.29 is 14.7 Å². The highest BCUT2D eigenvalue weighted by atomic mass is 79.9. The molecule has 2 heterocycles. The molecule has 2 N–H and O–H groups in total. The molecule has 0 aliphatic carbocycles. The molecule has 0 bridgehead atoms. The third-order valence-corrected chi connectivity index (χ3v) is 4.33. The molecule has 0 unspecified atom stereocenters. The first-order chi connectivity index (χ1) is 9.54. The lowest BCUT2D eigenvalue weighted by atomic mass is 10.2. The number of hydrogen-bond donors (Lipinski definition) is 2. The van der Waals surface area contributed by atoms with Gasteiger partial charge in [0.15, 0.2) is 4.34 Å². The Morgan fingerprint density at radius 1 is 1.45 bits per heavy atom. The Labute approximate surface area is 130 Å². The van der Waals surface area contributed by atoms with Gasteiger partial charge < -0.3 is 5.11 Å². The van der Waals surface area contributed by atoms with Gasteiger partial charge in [0.2, 0.25) is 5.13 Å². The highest BCUT2D eigenvalue weighted by molar-refractivity contribution is 9.10. The number of hydrogen-bond acceptors (Lipinski definition) is 7. The van der Waals surface area contributed by atoms with E-state index in [1.807, 2.05) is 0 Å². The smallest absolute Gasteiger partial charge is 0.313 e. The van der Waals surface area contributed by atoms with Crippen molar-refractivity contribution in [1.82, 2.24) is 15.2 Å². The van der Waals surface area contributed by atoms with Gasteiger partial charge in [-0.05, 0) is 28.1 Å². The molecule has 0 atom stereocenters. The largest absolute Gasteiger partial charge is 0.481 e. The summed E-state index contributed by atoms with van der Waals surface area (Å²) in [6, 6.07) is 3.15. The molecule has 0 aliphatic heterocycles. The van der Waals surface area contributed by atoms with Gasteiger partial charge in [0.25, 0.3) is 5.91 Å². The van der Waals surface area contributed by atoms with Gasteiger partial charge in [0, 0.05) is 11.8 Å². The predicted octanol–water partition coefficient (Wildman–Crippen LogP) is 2.12. The summed E-state index contributed by atoms with van der Waals surface area (Å²) in [6.07, 6.45) is 1.51. The van der Waals surface area contributed by atoms with Gasteiger partial charge in [-0.2, -0.15) is 0 Å². The second-order valence-corrected chi connectivity index (χ2v) is 6.39. The molecule has 0 saturated heterocycles. The van der Waals surface area contributed by atoms with Crippen molar-refractivity contribution >= 4 is 56.0 Å². The van der Waals surface area contributed by atoms with E-state index in [9.17, 15) is 9.59 Å². The summed E-state index contributed by atoms with van der Waals surface area (Å²) in [5, 5.41) is 19.0. The van der Waals surface area contributed by atoms with Crippen LogP contribution >= 0.6 is 39.0 Å². The number of thioether (sulfide) groups is 1. The van der Waals surface area contributed by atoms with Gasteiger partial charge in [-0.15, -0.1) is 10.2 Å². The Balaban J connectivity index is 1.99. The molecule has 2 aromatic rings. The summed E-state index contributed by atoms with van der Waals surface area (Å²) >= 11 is 5.35. The van der Waals surface area contributed by atoms with Crippen molar-refractivity contribution in [3.8, 4) is 0 Å². The quantitative estimate of drug-likeness (QED) is 0.469. The van der Waals surface area contributed by atoms with Crippen LogP contribution in [0.3, 0.4) is 0 Å². The third-order valence-electron chi connectivity index (χ3n) is 1.93. The minimum absolute atomic E-state index is 0.0973. The Hall–Kier alpha value is -1.52. The summed E-state index contributed by atoms with van der Waals surface area (Å²) < 4.78 is 1.04. The molecule has 0 saturated carbocycles. The zero-order valence-electron chi connectivity index (χ0n) is 9.74.